The molecule has 1 aliphatic heterocycles. The van der Waals surface area contributed by atoms with Gasteiger partial charge in [0, 0.05) is 32.4 Å². The summed E-state index contributed by atoms with van der Waals surface area (Å²) in [6, 6.07) is 0.607. The Hall–Kier alpha value is -0.940. The molecule has 90 valence electrons. The summed E-state index contributed by atoms with van der Waals surface area (Å²) in [5.41, 5.74) is 1.02. The van der Waals surface area contributed by atoms with E-state index >= 15 is 0 Å². The number of likely N-dealkylation sites (N-methyl/N-ethyl adjacent to an activating group) is 1. The minimum absolute atomic E-state index is 0.607. The zero-order valence-corrected chi connectivity index (χ0v) is 10.2. The van der Waals surface area contributed by atoms with Crippen molar-refractivity contribution in [2.75, 3.05) is 19.6 Å². The molecule has 1 N–H and O–H groups in total. The number of aryl methyl sites for hydroxylation is 1. The third-order valence-corrected chi connectivity index (χ3v) is 3.17. The number of hydrogen-bond donors (Lipinski definition) is 1. The molecule has 5 heteroatoms. The molecule has 0 saturated carbocycles. The molecule has 0 aliphatic carbocycles. The minimum atomic E-state index is 0.607. The molecule has 0 bridgehead atoms. The zero-order valence-electron chi connectivity index (χ0n) is 10.2. The van der Waals surface area contributed by atoms with Crippen molar-refractivity contribution in [1.82, 2.24) is 25.2 Å². The highest BCUT2D eigenvalue weighted by molar-refractivity contribution is 4.92. The highest BCUT2D eigenvalue weighted by Gasteiger charge is 2.18. The van der Waals surface area contributed by atoms with Gasteiger partial charge >= 0.3 is 0 Å². The number of likely N-dealkylation sites (tertiary alicyclic amines) is 1. The molecule has 1 saturated heterocycles. The van der Waals surface area contributed by atoms with E-state index in [-0.39, 0.29) is 0 Å². The van der Waals surface area contributed by atoms with E-state index in [2.05, 4.69) is 27.5 Å². The Bertz CT molecular complexity index is 322. The SMILES string of the molecule is CCN1CCCC(NCc2cn(C)nn2)C1. The largest absolute Gasteiger partial charge is 0.307 e. The normalized spacial score (nSPS) is 22.5. The first kappa shape index (κ1) is 11.5. The summed E-state index contributed by atoms with van der Waals surface area (Å²) < 4.78 is 1.75. The van der Waals surface area contributed by atoms with Gasteiger partial charge in [-0.1, -0.05) is 12.1 Å². The second kappa shape index (κ2) is 5.41. The van der Waals surface area contributed by atoms with Crippen molar-refractivity contribution in [3.63, 3.8) is 0 Å². The van der Waals surface area contributed by atoms with Gasteiger partial charge in [-0.3, -0.25) is 4.68 Å². The Labute approximate surface area is 96.8 Å². The van der Waals surface area contributed by atoms with Crippen molar-refractivity contribution in [2.45, 2.75) is 32.4 Å². The molecule has 0 spiro atoms. The highest BCUT2D eigenvalue weighted by atomic mass is 15.4. The van der Waals surface area contributed by atoms with E-state index in [0.29, 0.717) is 6.04 Å². The molecule has 2 rings (SSSR count). The third-order valence-electron chi connectivity index (χ3n) is 3.17. The van der Waals surface area contributed by atoms with Gasteiger partial charge in [-0.25, -0.2) is 0 Å². The van der Waals surface area contributed by atoms with Crippen LogP contribution in [0.5, 0.6) is 0 Å². The molecule has 16 heavy (non-hydrogen) atoms. The topological polar surface area (TPSA) is 46.0 Å². The van der Waals surface area contributed by atoms with Crippen molar-refractivity contribution >= 4 is 0 Å². The van der Waals surface area contributed by atoms with Crippen LogP contribution in [0.1, 0.15) is 25.5 Å². The monoisotopic (exact) mass is 223 g/mol. The van der Waals surface area contributed by atoms with E-state index in [4.69, 9.17) is 0 Å². The van der Waals surface area contributed by atoms with Crippen LogP contribution in [0.3, 0.4) is 0 Å². The molecule has 1 aromatic heterocycles. The van der Waals surface area contributed by atoms with Crippen molar-refractivity contribution in [1.29, 1.82) is 0 Å². The van der Waals surface area contributed by atoms with Crippen LogP contribution in [0, 0.1) is 0 Å². The van der Waals surface area contributed by atoms with Crippen LogP contribution in [-0.2, 0) is 13.6 Å². The Balaban J connectivity index is 1.77. The maximum absolute atomic E-state index is 4.08. The lowest BCUT2D eigenvalue weighted by Gasteiger charge is -2.32. The highest BCUT2D eigenvalue weighted by Crippen LogP contribution is 2.09. The van der Waals surface area contributed by atoms with E-state index < -0.39 is 0 Å². The molecular weight excluding hydrogens is 202 g/mol. The summed E-state index contributed by atoms with van der Waals surface area (Å²) in [5, 5.41) is 11.6. The lowest BCUT2D eigenvalue weighted by atomic mass is 10.1. The fourth-order valence-electron chi connectivity index (χ4n) is 2.23. The Morgan fingerprint density at radius 3 is 3.12 bits per heavy atom. The van der Waals surface area contributed by atoms with Crippen LogP contribution in [0.25, 0.3) is 0 Å². The van der Waals surface area contributed by atoms with Gasteiger partial charge < -0.3 is 10.2 Å². The summed E-state index contributed by atoms with van der Waals surface area (Å²) in [6.07, 6.45) is 4.54. The van der Waals surface area contributed by atoms with Gasteiger partial charge in [0.1, 0.15) is 0 Å². The van der Waals surface area contributed by atoms with Gasteiger partial charge in [-0.05, 0) is 25.9 Å². The third kappa shape index (κ3) is 3.02. The summed E-state index contributed by atoms with van der Waals surface area (Å²) in [4.78, 5) is 2.50. The smallest absolute Gasteiger partial charge is 0.0964 e. The molecule has 5 nitrogen and oxygen atoms in total. The first-order chi connectivity index (χ1) is 7.78. The van der Waals surface area contributed by atoms with Crippen molar-refractivity contribution in [3.05, 3.63) is 11.9 Å². The quantitative estimate of drug-likeness (QED) is 0.802. The average molecular weight is 223 g/mol. The standard InChI is InChI=1S/C11H21N5/c1-3-16-6-4-5-10(9-16)12-7-11-8-15(2)14-13-11/h8,10,12H,3-7,9H2,1-2H3. The number of nitrogens with zero attached hydrogens (tertiary/aromatic N) is 4. The lowest BCUT2D eigenvalue weighted by molar-refractivity contribution is 0.198. The maximum Gasteiger partial charge on any atom is 0.0964 e. The molecule has 1 aromatic rings. The number of rotatable bonds is 4. The fraction of sp³-hybridized carbons (Fsp3) is 0.818. The van der Waals surface area contributed by atoms with E-state index in [1.165, 1.54) is 19.4 Å². The van der Waals surface area contributed by atoms with Crippen LogP contribution in [-0.4, -0.2) is 45.6 Å². The van der Waals surface area contributed by atoms with Gasteiger partial charge in [0.05, 0.1) is 5.69 Å². The minimum Gasteiger partial charge on any atom is -0.307 e. The zero-order chi connectivity index (χ0) is 11.4. The average Bonchev–Trinajstić information content (AvgIpc) is 2.73. The Kier molecular flexibility index (Phi) is 3.90. The number of nitrogens with one attached hydrogen (secondary N) is 1. The number of aromatic nitrogens is 3. The van der Waals surface area contributed by atoms with Gasteiger partial charge in [0.15, 0.2) is 0 Å². The van der Waals surface area contributed by atoms with Gasteiger partial charge in [-0.15, -0.1) is 5.10 Å². The number of hydrogen-bond acceptors (Lipinski definition) is 4. The summed E-state index contributed by atoms with van der Waals surface area (Å²) in [6.45, 7) is 6.63. The van der Waals surface area contributed by atoms with Crippen LogP contribution >= 0.6 is 0 Å². The Morgan fingerprint density at radius 1 is 1.56 bits per heavy atom. The molecule has 1 aliphatic rings. The van der Waals surface area contributed by atoms with Gasteiger partial charge in [-0.2, -0.15) is 0 Å². The lowest BCUT2D eigenvalue weighted by Crippen LogP contribution is -2.45. The second-order valence-electron chi connectivity index (χ2n) is 4.50. The van der Waals surface area contributed by atoms with E-state index in [0.717, 1.165) is 25.3 Å². The predicted molar refractivity (Wildman–Crippen MR) is 63.0 cm³/mol. The summed E-state index contributed by atoms with van der Waals surface area (Å²) in [5.74, 6) is 0. The molecule has 1 atom stereocenters. The van der Waals surface area contributed by atoms with Gasteiger partial charge in [0.2, 0.25) is 0 Å². The van der Waals surface area contributed by atoms with Crippen molar-refractivity contribution < 1.29 is 0 Å². The Morgan fingerprint density at radius 2 is 2.44 bits per heavy atom. The first-order valence-electron chi connectivity index (χ1n) is 6.09. The van der Waals surface area contributed by atoms with Crippen LogP contribution in [0.4, 0.5) is 0 Å². The molecule has 1 fully saturated rings. The molecule has 2 heterocycles. The molecule has 0 aromatic carbocycles. The van der Waals surface area contributed by atoms with E-state index in [1.807, 2.05) is 13.2 Å². The van der Waals surface area contributed by atoms with E-state index in [1.54, 1.807) is 4.68 Å². The molecule has 0 radical (unpaired) electrons. The molecule has 1 unspecified atom stereocenters. The first-order valence-corrected chi connectivity index (χ1v) is 6.09. The summed E-state index contributed by atoms with van der Waals surface area (Å²) in [7, 11) is 1.90. The maximum atomic E-state index is 4.08. The molecule has 0 amide bonds. The fourth-order valence-corrected chi connectivity index (χ4v) is 2.23. The van der Waals surface area contributed by atoms with Crippen LogP contribution < -0.4 is 5.32 Å². The van der Waals surface area contributed by atoms with E-state index in [9.17, 15) is 0 Å². The van der Waals surface area contributed by atoms with Crippen molar-refractivity contribution in [3.8, 4) is 0 Å². The number of piperidine rings is 1. The molecular formula is C11H21N5. The van der Waals surface area contributed by atoms with Crippen LogP contribution in [0.2, 0.25) is 0 Å². The predicted octanol–water partition coefficient (Wildman–Crippen LogP) is 0.389. The second-order valence-corrected chi connectivity index (χ2v) is 4.50. The van der Waals surface area contributed by atoms with Crippen LogP contribution in [0.15, 0.2) is 6.20 Å². The summed E-state index contributed by atoms with van der Waals surface area (Å²) >= 11 is 0. The van der Waals surface area contributed by atoms with Gasteiger partial charge in [0.25, 0.3) is 0 Å². The van der Waals surface area contributed by atoms with Crippen molar-refractivity contribution in [2.24, 2.45) is 7.05 Å².